The highest BCUT2D eigenvalue weighted by Gasteiger charge is 2.33. The van der Waals surface area contributed by atoms with Gasteiger partial charge in [0.15, 0.2) is 0 Å². The van der Waals surface area contributed by atoms with Crippen LogP contribution in [-0.4, -0.2) is 112 Å². The minimum atomic E-state index is -1.27. The Morgan fingerprint density at radius 2 is 1.89 bits per heavy atom. The van der Waals surface area contributed by atoms with E-state index in [2.05, 4.69) is 5.32 Å². The van der Waals surface area contributed by atoms with E-state index in [4.69, 9.17) is 16.3 Å². The van der Waals surface area contributed by atoms with Gasteiger partial charge in [-0.25, -0.2) is 9.18 Å². The van der Waals surface area contributed by atoms with Gasteiger partial charge in [-0.1, -0.05) is 23.7 Å². The van der Waals surface area contributed by atoms with Gasteiger partial charge in [0, 0.05) is 73.8 Å². The Balaban J connectivity index is 1.45. The molecule has 14 heteroatoms. The minimum Gasteiger partial charge on any atom is -0.497 e. The van der Waals surface area contributed by atoms with Gasteiger partial charge in [-0.3, -0.25) is 18.6 Å². The standard InChI is InChI=1S/C33H41ClFN5O6S/c1-33(2,47(5)45)20-37(3)31(43)26(25-7-6-8-27(35)30(25)34)18-38(21-41)19-29(42)39-14-12-23(13-15-39)40-16-11-22-17-24(46-4)9-10-28(22)36-32(40)44/h6-10,17-18,21,23H,11-16,19-20H2,1-5H3,(H,36,44)/b26-18-. The van der Waals surface area contributed by atoms with E-state index in [9.17, 15) is 27.8 Å². The smallest absolute Gasteiger partial charge is 0.322 e. The lowest BCUT2D eigenvalue weighted by atomic mass is 10.0. The summed E-state index contributed by atoms with van der Waals surface area (Å²) in [6.45, 7) is 4.50. The number of methoxy groups -OCH3 is 1. The first-order valence-electron chi connectivity index (χ1n) is 15.2. The third-order valence-corrected chi connectivity index (χ3v) is 10.7. The van der Waals surface area contributed by atoms with Crippen LogP contribution < -0.4 is 10.1 Å². The number of fused-ring (bicyclic) bond motifs is 1. The predicted octanol–water partition coefficient (Wildman–Crippen LogP) is 3.98. The van der Waals surface area contributed by atoms with Crippen molar-refractivity contribution in [2.75, 3.05) is 58.5 Å². The van der Waals surface area contributed by atoms with Crippen molar-refractivity contribution in [2.45, 2.75) is 43.9 Å². The summed E-state index contributed by atoms with van der Waals surface area (Å²) >= 11 is 6.26. The summed E-state index contributed by atoms with van der Waals surface area (Å²) < 4.78 is 31.3. The highest BCUT2D eigenvalue weighted by molar-refractivity contribution is 7.85. The number of ether oxygens (including phenoxy) is 1. The lowest BCUT2D eigenvalue weighted by Gasteiger charge is -2.38. The molecule has 47 heavy (non-hydrogen) atoms. The quantitative estimate of drug-likeness (QED) is 0.282. The van der Waals surface area contributed by atoms with Crippen molar-refractivity contribution in [3.8, 4) is 5.75 Å². The Bertz CT molecular complexity index is 1580. The molecule has 1 atom stereocenters. The summed E-state index contributed by atoms with van der Waals surface area (Å²) in [6.07, 6.45) is 4.92. The maximum Gasteiger partial charge on any atom is 0.322 e. The van der Waals surface area contributed by atoms with Crippen LogP contribution in [0.25, 0.3) is 5.57 Å². The van der Waals surface area contributed by atoms with Gasteiger partial charge < -0.3 is 29.7 Å². The van der Waals surface area contributed by atoms with Gasteiger partial charge in [0.25, 0.3) is 5.91 Å². The topological polar surface area (TPSA) is 120 Å². The van der Waals surface area contributed by atoms with Gasteiger partial charge >= 0.3 is 6.03 Å². The van der Waals surface area contributed by atoms with Crippen molar-refractivity contribution in [1.82, 2.24) is 19.6 Å². The predicted molar refractivity (Wildman–Crippen MR) is 180 cm³/mol. The second-order valence-corrected chi connectivity index (χ2v) is 14.7. The maximum atomic E-state index is 14.5. The van der Waals surface area contributed by atoms with E-state index in [0.29, 0.717) is 45.3 Å². The van der Waals surface area contributed by atoms with Crippen molar-refractivity contribution < 1.29 is 32.5 Å². The molecule has 2 aliphatic heterocycles. The number of amides is 5. The van der Waals surface area contributed by atoms with Crippen molar-refractivity contribution in [1.29, 1.82) is 0 Å². The molecule has 0 radical (unpaired) electrons. The molecule has 0 aliphatic carbocycles. The molecule has 0 spiro atoms. The van der Waals surface area contributed by atoms with E-state index in [1.165, 1.54) is 30.3 Å². The SMILES string of the molecule is COc1ccc2c(c1)CCN(C1CCN(C(=O)CN(C=O)/C=C(\C(=O)N(C)CC(C)(C)S(C)=O)c3cccc(F)c3Cl)CC1)C(=O)N2. The summed E-state index contributed by atoms with van der Waals surface area (Å²) in [4.78, 5) is 58.1. The van der Waals surface area contributed by atoms with Crippen LogP contribution >= 0.6 is 11.6 Å². The van der Waals surface area contributed by atoms with E-state index in [0.717, 1.165) is 28.0 Å². The zero-order valence-electron chi connectivity index (χ0n) is 27.3. The second-order valence-electron chi connectivity index (χ2n) is 12.3. The number of carbonyl (C=O) groups is 4. The Morgan fingerprint density at radius 3 is 2.53 bits per heavy atom. The number of carbonyl (C=O) groups excluding carboxylic acids is 4. The van der Waals surface area contributed by atoms with Gasteiger partial charge in [0.05, 0.1) is 22.5 Å². The molecule has 0 bridgehead atoms. The van der Waals surface area contributed by atoms with Crippen LogP contribution in [0.15, 0.2) is 42.6 Å². The molecule has 0 saturated carbocycles. The van der Waals surface area contributed by atoms with Crippen LogP contribution in [0.5, 0.6) is 5.75 Å². The van der Waals surface area contributed by atoms with Crippen LogP contribution in [0.2, 0.25) is 5.02 Å². The van der Waals surface area contributed by atoms with Gasteiger partial charge in [-0.15, -0.1) is 0 Å². The molecular formula is C33H41ClFN5O6S. The number of nitrogens with zero attached hydrogens (tertiary/aromatic N) is 4. The molecule has 2 heterocycles. The van der Waals surface area contributed by atoms with E-state index >= 15 is 0 Å². The molecule has 2 aromatic rings. The number of halogens is 2. The first-order valence-corrected chi connectivity index (χ1v) is 17.2. The fourth-order valence-corrected chi connectivity index (χ4v) is 6.36. The third kappa shape index (κ3) is 8.50. The highest BCUT2D eigenvalue weighted by atomic mass is 35.5. The van der Waals surface area contributed by atoms with Crippen molar-refractivity contribution in [3.05, 3.63) is 64.6 Å². The number of nitrogens with one attached hydrogen (secondary N) is 1. The van der Waals surface area contributed by atoms with Crippen LogP contribution in [0.1, 0.15) is 37.8 Å². The van der Waals surface area contributed by atoms with Crippen LogP contribution in [-0.2, 0) is 31.6 Å². The van der Waals surface area contributed by atoms with Crippen molar-refractivity contribution in [2.24, 2.45) is 0 Å². The molecule has 4 rings (SSSR count). The lowest BCUT2D eigenvalue weighted by molar-refractivity contribution is -0.135. The molecule has 1 fully saturated rings. The Morgan fingerprint density at radius 1 is 1.19 bits per heavy atom. The number of benzene rings is 2. The van der Waals surface area contributed by atoms with E-state index in [-0.39, 0.29) is 47.2 Å². The Hall–Kier alpha value is -3.97. The molecule has 1 N–H and O–H groups in total. The summed E-state index contributed by atoms with van der Waals surface area (Å²) in [5.74, 6) is -0.968. The first-order chi connectivity index (χ1) is 22.2. The molecule has 1 saturated heterocycles. The van der Waals surface area contributed by atoms with Crippen molar-refractivity contribution >= 4 is 57.9 Å². The zero-order valence-corrected chi connectivity index (χ0v) is 28.8. The molecule has 2 aromatic carbocycles. The number of likely N-dealkylation sites (N-methyl/N-ethyl adjacent to an activating group) is 1. The lowest BCUT2D eigenvalue weighted by Crippen LogP contribution is -2.51. The number of piperidine rings is 1. The summed E-state index contributed by atoms with van der Waals surface area (Å²) in [7, 11) is 1.84. The van der Waals surface area contributed by atoms with Crippen LogP contribution in [0.4, 0.5) is 14.9 Å². The van der Waals surface area contributed by atoms with Gasteiger partial charge in [-0.05, 0) is 62.9 Å². The van der Waals surface area contributed by atoms with Gasteiger partial charge in [0.2, 0.25) is 12.3 Å². The average molecular weight is 690 g/mol. The van der Waals surface area contributed by atoms with Crippen LogP contribution in [0, 0.1) is 5.82 Å². The number of likely N-dealkylation sites (tertiary alicyclic amines) is 1. The van der Waals surface area contributed by atoms with Gasteiger partial charge in [0.1, 0.15) is 18.1 Å². The van der Waals surface area contributed by atoms with E-state index in [1.54, 1.807) is 43.1 Å². The Kier molecular flexibility index (Phi) is 11.7. The number of hydrogen-bond acceptors (Lipinski definition) is 6. The largest absolute Gasteiger partial charge is 0.497 e. The average Bonchev–Trinajstić information content (AvgIpc) is 3.21. The molecule has 1 unspecified atom stereocenters. The number of anilines is 1. The Labute approximate surface area is 282 Å². The summed E-state index contributed by atoms with van der Waals surface area (Å²) in [5, 5.41) is 2.67. The molecular weight excluding hydrogens is 649 g/mol. The fourth-order valence-electron chi connectivity index (χ4n) is 5.76. The molecule has 2 aliphatic rings. The molecule has 254 valence electrons. The third-order valence-electron chi connectivity index (χ3n) is 8.66. The molecule has 5 amide bonds. The maximum absolute atomic E-state index is 14.5. The normalized spacial score (nSPS) is 16.5. The highest BCUT2D eigenvalue weighted by Crippen LogP contribution is 2.30. The zero-order chi connectivity index (χ0) is 34.5. The van der Waals surface area contributed by atoms with Gasteiger partial charge in [-0.2, -0.15) is 0 Å². The number of urea groups is 1. The summed E-state index contributed by atoms with van der Waals surface area (Å²) in [6, 6.07) is 9.28. The van der Waals surface area contributed by atoms with Crippen molar-refractivity contribution in [3.63, 3.8) is 0 Å². The fraction of sp³-hybridized carbons (Fsp3) is 0.455. The second kappa shape index (κ2) is 15.3. The molecule has 0 aromatic heterocycles. The monoisotopic (exact) mass is 689 g/mol. The van der Waals surface area contributed by atoms with Crippen LogP contribution in [0.3, 0.4) is 0 Å². The number of hydrogen-bond donors (Lipinski definition) is 1. The summed E-state index contributed by atoms with van der Waals surface area (Å²) in [5.41, 5.74) is 1.69. The number of rotatable bonds is 11. The first kappa shape index (κ1) is 35.9. The van der Waals surface area contributed by atoms with E-state index in [1.807, 2.05) is 12.1 Å². The van der Waals surface area contributed by atoms with E-state index < -0.39 is 27.3 Å². The minimum absolute atomic E-state index is 0.0513. The molecule has 11 nitrogen and oxygen atoms in total.